The lowest BCUT2D eigenvalue weighted by molar-refractivity contribution is 0.0949. The number of hydrogen-bond acceptors (Lipinski definition) is 6. The largest absolute Gasteiger partial charge is 0.503 e. The van der Waals surface area contributed by atoms with Crippen LogP contribution in [0, 0.1) is 11.6 Å². The number of hydrogen-bond donors (Lipinski definition) is 3. The van der Waals surface area contributed by atoms with Crippen LogP contribution in [0.25, 0.3) is 11.3 Å². The van der Waals surface area contributed by atoms with Gasteiger partial charge < -0.3 is 15.7 Å². The Hall–Kier alpha value is -4.64. The van der Waals surface area contributed by atoms with Gasteiger partial charge in [0.2, 0.25) is 9.84 Å². The Morgan fingerprint density at radius 1 is 0.973 bits per heavy atom. The van der Waals surface area contributed by atoms with Crippen molar-refractivity contribution >= 4 is 27.3 Å². The van der Waals surface area contributed by atoms with Crippen LogP contribution in [-0.2, 0) is 16.4 Å². The van der Waals surface area contributed by atoms with E-state index in [1.807, 2.05) is 0 Å². The van der Waals surface area contributed by atoms with Gasteiger partial charge in [-0.1, -0.05) is 18.2 Å². The zero-order valence-electron chi connectivity index (χ0n) is 18.8. The summed E-state index contributed by atoms with van der Waals surface area (Å²) in [7, 11) is -3.99. The minimum absolute atomic E-state index is 0.00627. The molecule has 8 nitrogen and oxygen atoms in total. The van der Waals surface area contributed by atoms with Crippen LogP contribution in [0.3, 0.4) is 0 Å². The quantitative estimate of drug-likeness (QED) is 0.372. The Labute approximate surface area is 209 Å². The average molecular weight is 522 g/mol. The first-order valence-corrected chi connectivity index (χ1v) is 12.3. The number of aromatic nitrogens is 1. The summed E-state index contributed by atoms with van der Waals surface area (Å²) in [6.45, 7) is 0.0532. The Kier molecular flexibility index (Phi) is 5.92. The van der Waals surface area contributed by atoms with E-state index in [0.29, 0.717) is 5.56 Å². The maximum absolute atomic E-state index is 13.6. The highest BCUT2D eigenvalue weighted by Gasteiger charge is 2.31. The molecule has 0 saturated carbocycles. The first kappa shape index (κ1) is 24.1. The third-order valence-corrected chi connectivity index (χ3v) is 7.66. The second kappa shape index (κ2) is 9.10. The van der Waals surface area contributed by atoms with Crippen LogP contribution in [0.5, 0.6) is 5.75 Å². The lowest BCUT2D eigenvalue weighted by atomic mass is 10.1. The second-order valence-corrected chi connectivity index (χ2v) is 10.1. The topological polar surface area (TPSA) is 125 Å². The summed E-state index contributed by atoms with van der Waals surface area (Å²) >= 11 is 0. The number of amides is 2. The molecular formula is C26H17F2N3O5S. The summed E-state index contributed by atoms with van der Waals surface area (Å²) in [6.07, 6.45) is 1.42. The molecule has 3 N–H and O–H groups in total. The first-order chi connectivity index (χ1) is 17.6. The van der Waals surface area contributed by atoms with E-state index < -0.39 is 39.0 Å². The average Bonchev–Trinajstić information content (AvgIpc) is 2.97. The van der Waals surface area contributed by atoms with Crippen molar-refractivity contribution in [2.24, 2.45) is 0 Å². The molecule has 3 aromatic carbocycles. The number of nitrogens with one attached hydrogen (secondary N) is 2. The van der Waals surface area contributed by atoms with Crippen molar-refractivity contribution in [1.82, 2.24) is 10.3 Å². The van der Waals surface area contributed by atoms with Crippen molar-refractivity contribution in [3.63, 3.8) is 0 Å². The van der Waals surface area contributed by atoms with E-state index >= 15 is 0 Å². The van der Waals surface area contributed by atoms with Crippen LogP contribution >= 0.6 is 0 Å². The second-order valence-electron chi connectivity index (χ2n) is 8.19. The highest BCUT2D eigenvalue weighted by Crippen LogP contribution is 2.34. The van der Waals surface area contributed by atoms with Gasteiger partial charge in [0.1, 0.15) is 0 Å². The van der Waals surface area contributed by atoms with Gasteiger partial charge in [0.25, 0.3) is 11.8 Å². The molecule has 37 heavy (non-hydrogen) atoms. The molecule has 1 aliphatic rings. The zero-order valence-corrected chi connectivity index (χ0v) is 19.6. The van der Waals surface area contributed by atoms with Gasteiger partial charge >= 0.3 is 0 Å². The molecule has 4 aromatic rings. The number of halogens is 2. The van der Waals surface area contributed by atoms with Crippen molar-refractivity contribution in [2.45, 2.75) is 16.3 Å². The molecule has 1 aromatic heterocycles. The SMILES string of the molecule is O=C(NCc1ccc(-c2cc(F)c(O)c(F)c2)nc1)c1ccc2c(c1)NC(=O)c1ccccc1S2(=O)=O. The number of pyridine rings is 1. The molecule has 0 spiro atoms. The fourth-order valence-corrected chi connectivity index (χ4v) is 5.49. The lowest BCUT2D eigenvalue weighted by Crippen LogP contribution is -2.23. The van der Waals surface area contributed by atoms with E-state index in [0.717, 1.165) is 12.1 Å². The molecular weight excluding hydrogens is 504 g/mol. The first-order valence-electron chi connectivity index (χ1n) is 10.9. The summed E-state index contributed by atoms with van der Waals surface area (Å²) in [6, 6.07) is 14.8. The van der Waals surface area contributed by atoms with Crippen LogP contribution in [0.2, 0.25) is 0 Å². The van der Waals surface area contributed by atoms with Crippen LogP contribution in [0.1, 0.15) is 26.3 Å². The van der Waals surface area contributed by atoms with Gasteiger partial charge in [-0.25, -0.2) is 17.2 Å². The van der Waals surface area contributed by atoms with Crippen LogP contribution in [-0.4, -0.2) is 30.3 Å². The van der Waals surface area contributed by atoms with Gasteiger partial charge in [0.05, 0.1) is 26.7 Å². The summed E-state index contributed by atoms with van der Waals surface area (Å²) < 4.78 is 53.4. The molecule has 2 heterocycles. The van der Waals surface area contributed by atoms with Crippen molar-refractivity contribution in [3.8, 4) is 17.0 Å². The Morgan fingerprint density at radius 3 is 2.41 bits per heavy atom. The van der Waals surface area contributed by atoms with E-state index in [4.69, 9.17) is 0 Å². The summed E-state index contributed by atoms with van der Waals surface area (Å²) in [4.78, 5) is 29.2. The number of phenols is 1. The molecule has 11 heteroatoms. The number of aromatic hydroxyl groups is 1. The third kappa shape index (κ3) is 4.40. The van der Waals surface area contributed by atoms with Gasteiger partial charge in [-0.05, 0) is 54.1 Å². The van der Waals surface area contributed by atoms with Gasteiger partial charge in [-0.3, -0.25) is 14.6 Å². The molecule has 0 atom stereocenters. The molecule has 0 aliphatic carbocycles. The van der Waals surface area contributed by atoms with Crippen LogP contribution in [0.4, 0.5) is 14.5 Å². The molecule has 0 fully saturated rings. The van der Waals surface area contributed by atoms with Gasteiger partial charge in [-0.15, -0.1) is 0 Å². The molecule has 0 radical (unpaired) electrons. The van der Waals surface area contributed by atoms with Crippen molar-refractivity contribution in [1.29, 1.82) is 0 Å². The number of fused-ring (bicyclic) bond motifs is 2. The molecule has 0 bridgehead atoms. The molecule has 0 saturated heterocycles. The third-order valence-electron chi connectivity index (χ3n) is 5.79. The van der Waals surface area contributed by atoms with E-state index in [9.17, 15) is 31.9 Å². The Bertz CT molecular complexity index is 1670. The molecule has 2 amide bonds. The normalized spacial score (nSPS) is 13.6. The standard InChI is InChI=1S/C26H17F2N3O5S/c27-18-9-16(10-19(28)24(18)32)20-7-5-14(12-29-20)13-30-25(33)15-6-8-23-21(11-15)31-26(34)17-3-1-2-4-22(17)37(23,35)36/h1-12,32H,13H2,(H,30,33)(H,31,34). The zero-order chi connectivity index (χ0) is 26.3. The predicted molar refractivity (Wildman–Crippen MR) is 129 cm³/mol. The Morgan fingerprint density at radius 2 is 1.70 bits per heavy atom. The monoisotopic (exact) mass is 521 g/mol. The minimum atomic E-state index is -3.99. The van der Waals surface area contributed by atoms with Crippen molar-refractivity contribution in [3.05, 3.63) is 101 Å². The maximum Gasteiger partial charge on any atom is 0.257 e. The Balaban J connectivity index is 1.33. The lowest BCUT2D eigenvalue weighted by Gasteiger charge is -2.10. The highest BCUT2D eigenvalue weighted by molar-refractivity contribution is 7.91. The van der Waals surface area contributed by atoms with E-state index in [1.54, 1.807) is 12.1 Å². The number of anilines is 1. The van der Waals surface area contributed by atoms with Crippen LogP contribution in [0.15, 0.2) is 82.7 Å². The fourth-order valence-electron chi connectivity index (χ4n) is 3.90. The van der Waals surface area contributed by atoms with Gasteiger partial charge in [0.15, 0.2) is 17.4 Å². The minimum Gasteiger partial charge on any atom is -0.503 e. The number of carbonyl (C=O) groups excluding carboxylic acids is 2. The molecule has 5 rings (SSSR count). The van der Waals surface area contributed by atoms with E-state index in [2.05, 4.69) is 15.6 Å². The molecule has 0 unspecified atom stereocenters. The number of carbonyl (C=O) groups is 2. The maximum atomic E-state index is 13.6. The van der Waals surface area contributed by atoms with E-state index in [1.165, 1.54) is 48.7 Å². The number of sulfone groups is 1. The van der Waals surface area contributed by atoms with Gasteiger partial charge in [-0.2, -0.15) is 0 Å². The van der Waals surface area contributed by atoms with Crippen molar-refractivity contribution < 1.29 is 31.9 Å². The van der Waals surface area contributed by atoms with E-state index in [-0.39, 0.29) is 44.4 Å². The van der Waals surface area contributed by atoms with Crippen LogP contribution < -0.4 is 10.6 Å². The predicted octanol–water partition coefficient (Wildman–Crippen LogP) is 4.06. The molecule has 186 valence electrons. The van der Waals surface area contributed by atoms with Crippen molar-refractivity contribution in [2.75, 3.05) is 5.32 Å². The number of phenolic OH excluding ortho intramolecular Hbond substituents is 1. The molecule has 1 aliphatic heterocycles. The summed E-state index contributed by atoms with van der Waals surface area (Å²) in [5.41, 5.74) is 1.11. The number of nitrogens with zero attached hydrogens (tertiary/aromatic N) is 1. The highest BCUT2D eigenvalue weighted by atomic mass is 32.2. The summed E-state index contributed by atoms with van der Waals surface area (Å²) in [5, 5.41) is 14.5. The number of rotatable bonds is 4. The smallest absolute Gasteiger partial charge is 0.257 e. The summed E-state index contributed by atoms with van der Waals surface area (Å²) in [5.74, 6) is -4.41. The van der Waals surface area contributed by atoms with Gasteiger partial charge in [0, 0.05) is 23.9 Å². The fraction of sp³-hybridized carbons (Fsp3) is 0.0385. The number of benzene rings is 3.